The summed E-state index contributed by atoms with van der Waals surface area (Å²) < 4.78 is 6.91. The van der Waals surface area contributed by atoms with Crippen molar-refractivity contribution in [2.45, 2.75) is 6.10 Å². The maximum atomic E-state index is 10.3. The molecule has 1 N–H and O–H groups in total. The van der Waals surface area contributed by atoms with Crippen LogP contribution in [0.4, 0.5) is 0 Å². The average Bonchev–Trinajstić information content (AvgIpc) is 2.95. The summed E-state index contributed by atoms with van der Waals surface area (Å²) in [7, 11) is 0. The van der Waals surface area contributed by atoms with E-state index < -0.39 is 6.10 Å². The van der Waals surface area contributed by atoms with E-state index in [0.717, 1.165) is 22.6 Å². The van der Waals surface area contributed by atoms with Crippen LogP contribution < -0.4 is 4.74 Å². The minimum atomic E-state index is -0.587. The van der Waals surface area contributed by atoms with Crippen molar-refractivity contribution in [2.75, 3.05) is 0 Å². The summed E-state index contributed by atoms with van der Waals surface area (Å²) in [5, 5.41) is 12.3. The Kier molecular flexibility index (Phi) is 4.57. The molecule has 1 aromatic heterocycles. The standard InChI is InChI=1S/C17H13IO2S/c18-16-10-13(11-21-16)17(19)12-6-8-15(9-7-12)20-14-4-2-1-3-5-14/h1-11,17,19H. The SMILES string of the molecule is OC(c1ccc(Oc2ccccc2)cc1)c1csc(I)c1. The molecule has 0 amide bonds. The maximum absolute atomic E-state index is 10.3. The summed E-state index contributed by atoms with van der Waals surface area (Å²) in [4.78, 5) is 0. The molecular weight excluding hydrogens is 395 g/mol. The number of hydrogen-bond donors (Lipinski definition) is 1. The van der Waals surface area contributed by atoms with Gasteiger partial charge in [-0.05, 0) is 69.4 Å². The van der Waals surface area contributed by atoms with Crippen LogP contribution in [-0.4, -0.2) is 5.11 Å². The van der Waals surface area contributed by atoms with Crippen LogP contribution in [0.1, 0.15) is 17.2 Å². The molecule has 4 heteroatoms. The minimum Gasteiger partial charge on any atom is -0.457 e. The molecule has 1 heterocycles. The fourth-order valence-electron chi connectivity index (χ4n) is 2.00. The molecule has 1 unspecified atom stereocenters. The van der Waals surface area contributed by atoms with Gasteiger partial charge in [-0.25, -0.2) is 0 Å². The third-order valence-corrected chi connectivity index (χ3v) is 4.89. The third kappa shape index (κ3) is 3.64. The van der Waals surface area contributed by atoms with Gasteiger partial charge in [-0.2, -0.15) is 0 Å². The lowest BCUT2D eigenvalue weighted by Gasteiger charge is -2.11. The molecule has 0 aliphatic rings. The highest BCUT2D eigenvalue weighted by Crippen LogP contribution is 2.29. The largest absolute Gasteiger partial charge is 0.457 e. The second-order valence-corrected chi connectivity index (χ2v) is 7.38. The molecule has 0 spiro atoms. The minimum absolute atomic E-state index is 0.587. The molecule has 0 saturated heterocycles. The quantitative estimate of drug-likeness (QED) is 0.600. The zero-order valence-electron chi connectivity index (χ0n) is 11.1. The topological polar surface area (TPSA) is 29.5 Å². The van der Waals surface area contributed by atoms with E-state index in [-0.39, 0.29) is 0 Å². The number of aliphatic hydroxyl groups excluding tert-OH is 1. The van der Waals surface area contributed by atoms with Gasteiger partial charge >= 0.3 is 0 Å². The monoisotopic (exact) mass is 408 g/mol. The van der Waals surface area contributed by atoms with Gasteiger partial charge < -0.3 is 9.84 Å². The number of benzene rings is 2. The lowest BCUT2D eigenvalue weighted by Crippen LogP contribution is -1.97. The van der Waals surface area contributed by atoms with Gasteiger partial charge in [-0.15, -0.1) is 11.3 Å². The Hall–Kier alpha value is -1.37. The van der Waals surface area contributed by atoms with Crippen molar-refractivity contribution >= 4 is 33.9 Å². The fourth-order valence-corrected chi connectivity index (χ4v) is 3.39. The van der Waals surface area contributed by atoms with Crippen molar-refractivity contribution in [3.63, 3.8) is 0 Å². The number of para-hydroxylation sites is 1. The van der Waals surface area contributed by atoms with Crippen LogP contribution in [0.5, 0.6) is 11.5 Å². The van der Waals surface area contributed by atoms with Crippen LogP contribution in [-0.2, 0) is 0 Å². The molecule has 1 atom stereocenters. The van der Waals surface area contributed by atoms with Crippen LogP contribution in [0.25, 0.3) is 0 Å². The first kappa shape index (κ1) is 14.6. The van der Waals surface area contributed by atoms with Crippen molar-refractivity contribution in [3.05, 3.63) is 80.1 Å². The molecule has 0 fully saturated rings. The second kappa shape index (κ2) is 6.60. The molecule has 0 aliphatic heterocycles. The summed E-state index contributed by atoms with van der Waals surface area (Å²) in [5.74, 6) is 1.57. The highest BCUT2D eigenvalue weighted by Gasteiger charge is 2.12. The molecule has 3 rings (SSSR count). The van der Waals surface area contributed by atoms with Crippen LogP contribution in [0.15, 0.2) is 66.0 Å². The third-order valence-electron chi connectivity index (χ3n) is 3.08. The average molecular weight is 408 g/mol. The normalized spacial score (nSPS) is 12.1. The predicted octanol–water partition coefficient (Wildman–Crippen LogP) is 5.23. The molecule has 2 nitrogen and oxygen atoms in total. The lowest BCUT2D eigenvalue weighted by atomic mass is 10.0. The van der Waals surface area contributed by atoms with Crippen molar-refractivity contribution in [2.24, 2.45) is 0 Å². The Bertz CT molecular complexity index is 707. The molecule has 0 bridgehead atoms. The fraction of sp³-hybridized carbons (Fsp3) is 0.0588. The Labute approximate surface area is 141 Å². The number of ether oxygens (including phenoxy) is 1. The zero-order chi connectivity index (χ0) is 14.7. The molecule has 3 aromatic rings. The molecule has 0 saturated carbocycles. The molecule has 0 radical (unpaired) electrons. The number of hydrogen-bond acceptors (Lipinski definition) is 3. The van der Waals surface area contributed by atoms with Crippen molar-refractivity contribution in [1.82, 2.24) is 0 Å². The van der Waals surface area contributed by atoms with E-state index in [9.17, 15) is 5.11 Å². The number of halogens is 1. The Morgan fingerprint density at radius 3 is 2.19 bits per heavy atom. The number of aliphatic hydroxyl groups is 1. The Morgan fingerprint density at radius 1 is 0.905 bits per heavy atom. The van der Waals surface area contributed by atoms with E-state index in [1.54, 1.807) is 11.3 Å². The van der Waals surface area contributed by atoms with Gasteiger partial charge in [0.15, 0.2) is 0 Å². The zero-order valence-corrected chi connectivity index (χ0v) is 14.0. The first-order valence-electron chi connectivity index (χ1n) is 6.47. The van der Waals surface area contributed by atoms with Gasteiger partial charge in [0, 0.05) is 0 Å². The second-order valence-electron chi connectivity index (χ2n) is 4.57. The van der Waals surface area contributed by atoms with E-state index in [1.165, 1.54) is 2.88 Å². The van der Waals surface area contributed by atoms with Gasteiger partial charge in [0.2, 0.25) is 0 Å². The Morgan fingerprint density at radius 2 is 1.57 bits per heavy atom. The van der Waals surface area contributed by atoms with Crippen LogP contribution >= 0.6 is 33.9 Å². The van der Waals surface area contributed by atoms with Crippen molar-refractivity contribution in [3.8, 4) is 11.5 Å². The van der Waals surface area contributed by atoms with Crippen LogP contribution in [0.3, 0.4) is 0 Å². The van der Waals surface area contributed by atoms with E-state index in [1.807, 2.05) is 66.0 Å². The van der Waals surface area contributed by atoms with Gasteiger partial charge in [-0.3, -0.25) is 0 Å². The molecule has 106 valence electrons. The van der Waals surface area contributed by atoms with E-state index in [2.05, 4.69) is 22.6 Å². The maximum Gasteiger partial charge on any atom is 0.127 e. The summed E-state index contributed by atoms with van der Waals surface area (Å²) >= 11 is 3.89. The smallest absolute Gasteiger partial charge is 0.127 e. The summed E-state index contributed by atoms with van der Waals surface area (Å²) in [6.07, 6.45) is -0.587. The molecule has 0 aliphatic carbocycles. The van der Waals surface area contributed by atoms with Gasteiger partial charge in [0.25, 0.3) is 0 Å². The summed E-state index contributed by atoms with van der Waals surface area (Å²) in [6.45, 7) is 0. The van der Waals surface area contributed by atoms with Crippen molar-refractivity contribution in [1.29, 1.82) is 0 Å². The van der Waals surface area contributed by atoms with Crippen LogP contribution in [0.2, 0.25) is 0 Å². The predicted molar refractivity (Wildman–Crippen MR) is 94.1 cm³/mol. The lowest BCUT2D eigenvalue weighted by molar-refractivity contribution is 0.220. The molecule has 21 heavy (non-hydrogen) atoms. The van der Waals surface area contributed by atoms with E-state index in [0.29, 0.717) is 0 Å². The highest BCUT2D eigenvalue weighted by atomic mass is 127. The first-order chi connectivity index (χ1) is 10.2. The summed E-state index contributed by atoms with van der Waals surface area (Å²) in [6, 6.07) is 19.2. The van der Waals surface area contributed by atoms with Crippen molar-refractivity contribution < 1.29 is 9.84 Å². The summed E-state index contributed by atoms with van der Waals surface area (Å²) in [5.41, 5.74) is 1.80. The van der Waals surface area contributed by atoms with Gasteiger partial charge in [0.1, 0.15) is 17.6 Å². The van der Waals surface area contributed by atoms with E-state index in [4.69, 9.17) is 4.74 Å². The van der Waals surface area contributed by atoms with Gasteiger partial charge in [-0.1, -0.05) is 30.3 Å². The number of rotatable bonds is 4. The highest BCUT2D eigenvalue weighted by molar-refractivity contribution is 14.1. The Balaban J connectivity index is 1.75. The van der Waals surface area contributed by atoms with E-state index >= 15 is 0 Å². The molecule has 2 aromatic carbocycles. The van der Waals surface area contributed by atoms with Crippen LogP contribution in [0, 0.1) is 2.88 Å². The van der Waals surface area contributed by atoms with Gasteiger partial charge in [0.05, 0.1) is 2.88 Å². The molecular formula is C17H13IO2S. The number of thiophene rings is 1. The first-order valence-corrected chi connectivity index (χ1v) is 8.43.